The van der Waals surface area contributed by atoms with Crippen LogP contribution in [0.5, 0.6) is 0 Å². The van der Waals surface area contributed by atoms with Crippen LogP contribution in [0.3, 0.4) is 0 Å². The van der Waals surface area contributed by atoms with Crippen molar-refractivity contribution in [1.29, 1.82) is 0 Å². The van der Waals surface area contributed by atoms with Gasteiger partial charge in [-0.2, -0.15) is 0 Å². The Labute approximate surface area is 101 Å². The molecule has 2 rings (SSSR count). The van der Waals surface area contributed by atoms with E-state index in [2.05, 4.69) is 12.2 Å². The fourth-order valence-electron chi connectivity index (χ4n) is 2.05. The number of benzene rings is 1. The minimum atomic E-state index is -0.484. The second-order valence-electron chi connectivity index (χ2n) is 4.84. The van der Waals surface area contributed by atoms with Crippen LogP contribution in [0.1, 0.15) is 36.5 Å². The molecule has 0 unspecified atom stereocenters. The van der Waals surface area contributed by atoms with Gasteiger partial charge < -0.3 is 16.8 Å². The maximum Gasteiger partial charge on any atom is 0.250 e. The van der Waals surface area contributed by atoms with Crippen molar-refractivity contribution in [2.24, 2.45) is 11.1 Å². The fourth-order valence-corrected chi connectivity index (χ4v) is 2.05. The summed E-state index contributed by atoms with van der Waals surface area (Å²) in [5.41, 5.74) is 13.3. The Bertz CT molecular complexity index is 438. The summed E-state index contributed by atoms with van der Waals surface area (Å²) in [6.45, 7) is 3.12. The molecule has 1 aliphatic rings. The first kappa shape index (κ1) is 11.8. The van der Waals surface area contributed by atoms with Crippen molar-refractivity contribution in [2.75, 3.05) is 17.6 Å². The smallest absolute Gasteiger partial charge is 0.250 e. The van der Waals surface area contributed by atoms with E-state index in [0.717, 1.165) is 12.2 Å². The van der Waals surface area contributed by atoms with E-state index in [1.807, 2.05) is 6.07 Å². The number of para-hydroxylation sites is 1. The first-order valence-corrected chi connectivity index (χ1v) is 6.00. The monoisotopic (exact) mass is 233 g/mol. The summed E-state index contributed by atoms with van der Waals surface area (Å²) in [5, 5.41) is 3.33. The van der Waals surface area contributed by atoms with Crippen molar-refractivity contribution in [1.82, 2.24) is 0 Å². The number of rotatable bonds is 5. The third-order valence-corrected chi connectivity index (χ3v) is 3.73. The molecule has 4 heteroatoms. The highest BCUT2D eigenvalue weighted by Crippen LogP contribution is 2.48. The third kappa shape index (κ3) is 2.35. The predicted octanol–water partition coefficient (Wildman–Crippen LogP) is 1.97. The number of nitrogens with two attached hydrogens (primary N) is 2. The standard InChI is InChI=1S/C13H19N3O/c1-2-13(6-7-13)8-16-10-5-3-4-9(11(10)14)12(15)17/h3-5,16H,2,6-8,14H2,1H3,(H2,15,17). The van der Waals surface area contributed by atoms with Gasteiger partial charge in [0.2, 0.25) is 0 Å². The zero-order valence-corrected chi connectivity index (χ0v) is 10.1. The van der Waals surface area contributed by atoms with E-state index in [1.165, 1.54) is 19.3 Å². The normalized spacial score (nSPS) is 16.5. The van der Waals surface area contributed by atoms with Gasteiger partial charge in [-0.25, -0.2) is 0 Å². The maximum atomic E-state index is 11.2. The van der Waals surface area contributed by atoms with Crippen LogP contribution < -0.4 is 16.8 Å². The lowest BCUT2D eigenvalue weighted by Gasteiger charge is -2.16. The molecular formula is C13H19N3O. The number of amides is 1. The molecule has 1 fully saturated rings. The molecule has 1 aliphatic carbocycles. The molecule has 0 bridgehead atoms. The number of nitrogens with one attached hydrogen (secondary N) is 1. The molecule has 4 nitrogen and oxygen atoms in total. The highest BCUT2D eigenvalue weighted by Gasteiger charge is 2.40. The van der Waals surface area contributed by atoms with Gasteiger partial charge >= 0.3 is 0 Å². The van der Waals surface area contributed by atoms with Crippen molar-refractivity contribution < 1.29 is 4.79 Å². The average Bonchev–Trinajstić information content (AvgIpc) is 3.08. The molecule has 1 aromatic carbocycles. The van der Waals surface area contributed by atoms with E-state index < -0.39 is 5.91 Å². The average molecular weight is 233 g/mol. The van der Waals surface area contributed by atoms with E-state index in [-0.39, 0.29) is 0 Å². The van der Waals surface area contributed by atoms with Crippen LogP contribution in [0.15, 0.2) is 18.2 Å². The van der Waals surface area contributed by atoms with Gasteiger partial charge in [0, 0.05) is 6.54 Å². The molecule has 0 aromatic heterocycles. The van der Waals surface area contributed by atoms with Crippen molar-refractivity contribution in [3.63, 3.8) is 0 Å². The number of nitrogen functional groups attached to an aromatic ring is 1. The molecule has 0 heterocycles. The summed E-state index contributed by atoms with van der Waals surface area (Å²) < 4.78 is 0. The van der Waals surface area contributed by atoms with Gasteiger partial charge in [-0.3, -0.25) is 4.79 Å². The minimum absolute atomic E-state index is 0.386. The Hall–Kier alpha value is -1.71. The van der Waals surface area contributed by atoms with Crippen LogP contribution in [0, 0.1) is 5.41 Å². The summed E-state index contributed by atoms with van der Waals surface area (Å²) in [5.74, 6) is -0.484. The van der Waals surface area contributed by atoms with Crippen LogP contribution in [-0.2, 0) is 0 Å². The molecule has 0 radical (unpaired) electrons. The molecular weight excluding hydrogens is 214 g/mol. The van der Waals surface area contributed by atoms with Crippen LogP contribution in [0.25, 0.3) is 0 Å². The van der Waals surface area contributed by atoms with Crippen molar-refractivity contribution in [2.45, 2.75) is 26.2 Å². The molecule has 1 aromatic rings. The number of primary amides is 1. The second-order valence-corrected chi connectivity index (χ2v) is 4.84. The number of carbonyl (C=O) groups excluding carboxylic acids is 1. The van der Waals surface area contributed by atoms with E-state index in [9.17, 15) is 4.79 Å². The van der Waals surface area contributed by atoms with E-state index in [1.54, 1.807) is 12.1 Å². The highest BCUT2D eigenvalue weighted by molar-refractivity contribution is 6.00. The van der Waals surface area contributed by atoms with Gasteiger partial charge in [0.15, 0.2) is 0 Å². The molecule has 92 valence electrons. The lowest BCUT2D eigenvalue weighted by atomic mass is 10.0. The van der Waals surface area contributed by atoms with Crippen LogP contribution >= 0.6 is 0 Å². The predicted molar refractivity (Wildman–Crippen MR) is 69.8 cm³/mol. The summed E-state index contributed by atoms with van der Waals surface area (Å²) in [4.78, 5) is 11.2. The molecule has 1 amide bonds. The highest BCUT2D eigenvalue weighted by atomic mass is 16.1. The Kier molecular flexibility index (Phi) is 2.96. The number of hydrogen-bond donors (Lipinski definition) is 3. The van der Waals surface area contributed by atoms with Gasteiger partial charge in [-0.05, 0) is 36.8 Å². The Morgan fingerprint density at radius 2 is 2.18 bits per heavy atom. The van der Waals surface area contributed by atoms with E-state index in [0.29, 0.717) is 16.7 Å². The van der Waals surface area contributed by atoms with Gasteiger partial charge in [0.25, 0.3) is 5.91 Å². The van der Waals surface area contributed by atoms with Crippen LogP contribution in [0.4, 0.5) is 11.4 Å². The lowest BCUT2D eigenvalue weighted by Crippen LogP contribution is -2.18. The molecule has 0 spiro atoms. The van der Waals surface area contributed by atoms with Crippen LogP contribution in [0.2, 0.25) is 0 Å². The van der Waals surface area contributed by atoms with Crippen molar-refractivity contribution >= 4 is 17.3 Å². The molecule has 0 atom stereocenters. The van der Waals surface area contributed by atoms with Gasteiger partial charge in [-0.15, -0.1) is 0 Å². The number of carbonyl (C=O) groups is 1. The summed E-state index contributed by atoms with van der Waals surface area (Å²) in [7, 11) is 0. The van der Waals surface area contributed by atoms with Gasteiger partial charge in [0.05, 0.1) is 16.9 Å². The molecule has 17 heavy (non-hydrogen) atoms. The number of hydrogen-bond acceptors (Lipinski definition) is 3. The third-order valence-electron chi connectivity index (χ3n) is 3.73. The van der Waals surface area contributed by atoms with Crippen molar-refractivity contribution in [3.05, 3.63) is 23.8 Å². The zero-order valence-electron chi connectivity index (χ0n) is 10.1. The summed E-state index contributed by atoms with van der Waals surface area (Å²) >= 11 is 0. The molecule has 1 saturated carbocycles. The van der Waals surface area contributed by atoms with E-state index >= 15 is 0 Å². The Morgan fingerprint density at radius 1 is 1.47 bits per heavy atom. The largest absolute Gasteiger partial charge is 0.396 e. The van der Waals surface area contributed by atoms with E-state index in [4.69, 9.17) is 11.5 Å². The lowest BCUT2D eigenvalue weighted by molar-refractivity contribution is 0.100. The summed E-state index contributed by atoms with van der Waals surface area (Å²) in [6.07, 6.45) is 3.72. The maximum absolute atomic E-state index is 11.2. The van der Waals surface area contributed by atoms with Gasteiger partial charge in [-0.1, -0.05) is 13.0 Å². The quantitative estimate of drug-likeness (QED) is 0.680. The molecule has 0 aliphatic heterocycles. The second kappa shape index (κ2) is 4.28. The SMILES string of the molecule is CCC1(CNc2cccc(C(N)=O)c2N)CC1. The van der Waals surface area contributed by atoms with Crippen LogP contribution in [-0.4, -0.2) is 12.5 Å². The minimum Gasteiger partial charge on any atom is -0.396 e. The number of anilines is 2. The summed E-state index contributed by atoms with van der Waals surface area (Å²) in [6, 6.07) is 5.33. The van der Waals surface area contributed by atoms with Crippen molar-refractivity contribution in [3.8, 4) is 0 Å². The molecule has 0 saturated heterocycles. The zero-order chi connectivity index (χ0) is 12.5. The topological polar surface area (TPSA) is 81.1 Å². The Morgan fingerprint density at radius 3 is 2.71 bits per heavy atom. The fraction of sp³-hybridized carbons (Fsp3) is 0.462. The first-order chi connectivity index (χ1) is 8.08. The van der Waals surface area contributed by atoms with Gasteiger partial charge in [0.1, 0.15) is 0 Å². The first-order valence-electron chi connectivity index (χ1n) is 6.00. The Balaban J connectivity index is 2.11. The molecule has 5 N–H and O–H groups in total.